The molecule has 15 heavy (non-hydrogen) atoms. The predicted octanol–water partition coefficient (Wildman–Crippen LogP) is 2.31. The molecule has 1 unspecified atom stereocenters. The summed E-state index contributed by atoms with van der Waals surface area (Å²) in [6.07, 6.45) is 1.13. The maximum absolute atomic E-state index is 10.5. The van der Waals surface area contributed by atoms with E-state index in [1.54, 1.807) is 17.8 Å². The van der Waals surface area contributed by atoms with Gasteiger partial charge in [0.25, 0.3) is 0 Å². The van der Waals surface area contributed by atoms with Gasteiger partial charge in [-0.1, -0.05) is 20.3 Å². The lowest BCUT2D eigenvalue weighted by Crippen LogP contribution is -2.02. The van der Waals surface area contributed by atoms with E-state index in [4.69, 9.17) is 5.11 Å². The Morgan fingerprint density at radius 3 is 2.73 bits per heavy atom. The van der Waals surface area contributed by atoms with Crippen molar-refractivity contribution in [2.75, 3.05) is 5.75 Å². The molecule has 1 aromatic heterocycles. The number of carboxylic acid groups (broad SMARTS) is 1. The van der Waals surface area contributed by atoms with E-state index in [9.17, 15) is 4.79 Å². The molecule has 0 aliphatic heterocycles. The average Bonchev–Trinajstić information content (AvgIpc) is 2.26. The molecule has 1 atom stereocenters. The first-order valence-electron chi connectivity index (χ1n) is 4.83. The van der Waals surface area contributed by atoms with Crippen molar-refractivity contribution in [2.45, 2.75) is 25.3 Å². The molecule has 0 fully saturated rings. The second-order valence-corrected chi connectivity index (χ2v) is 4.43. The quantitative estimate of drug-likeness (QED) is 0.780. The number of carboxylic acids is 1. The third kappa shape index (κ3) is 3.87. The van der Waals surface area contributed by atoms with Crippen LogP contribution in [0.2, 0.25) is 0 Å². The summed E-state index contributed by atoms with van der Waals surface area (Å²) in [6.45, 7) is 4.32. The first kappa shape index (κ1) is 12.0. The molecule has 0 saturated carbocycles. The molecule has 5 heteroatoms. The van der Waals surface area contributed by atoms with Crippen molar-refractivity contribution in [2.24, 2.45) is 5.92 Å². The summed E-state index contributed by atoms with van der Waals surface area (Å²) in [5.41, 5.74) is -0.0112. The fourth-order valence-corrected chi connectivity index (χ4v) is 1.81. The zero-order valence-electron chi connectivity index (χ0n) is 8.80. The second kappa shape index (κ2) is 5.70. The number of aromatic carboxylic acids is 1. The van der Waals surface area contributed by atoms with Crippen molar-refractivity contribution in [1.82, 2.24) is 10.2 Å². The molecule has 1 rings (SSSR count). The highest BCUT2D eigenvalue weighted by atomic mass is 32.2. The Balaban J connectivity index is 2.53. The van der Waals surface area contributed by atoms with E-state index < -0.39 is 5.97 Å². The summed E-state index contributed by atoms with van der Waals surface area (Å²) in [4.78, 5) is 10.5. The van der Waals surface area contributed by atoms with E-state index in [0.29, 0.717) is 5.92 Å². The number of thioether (sulfide) groups is 1. The normalized spacial score (nSPS) is 12.4. The van der Waals surface area contributed by atoms with Crippen LogP contribution < -0.4 is 0 Å². The van der Waals surface area contributed by atoms with Crippen molar-refractivity contribution in [3.63, 3.8) is 0 Å². The third-order valence-electron chi connectivity index (χ3n) is 2.07. The third-order valence-corrected chi connectivity index (χ3v) is 3.32. The van der Waals surface area contributed by atoms with Crippen LogP contribution in [0.25, 0.3) is 0 Å². The molecule has 4 nitrogen and oxygen atoms in total. The number of hydrogen-bond donors (Lipinski definition) is 1. The first-order valence-corrected chi connectivity index (χ1v) is 5.81. The van der Waals surface area contributed by atoms with Gasteiger partial charge in [0.05, 0.1) is 0 Å². The van der Waals surface area contributed by atoms with Gasteiger partial charge in [-0.05, 0) is 18.1 Å². The Kier molecular flexibility index (Phi) is 4.55. The Morgan fingerprint density at radius 2 is 2.27 bits per heavy atom. The lowest BCUT2D eigenvalue weighted by Gasteiger charge is -2.06. The van der Waals surface area contributed by atoms with Crippen LogP contribution in [-0.2, 0) is 0 Å². The van der Waals surface area contributed by atoms with Crippen molar-refractivity contribution < 1.29 is 9.90 Å². The summed E-state index contributed by atoms with van der Waals surface area (Å²) in [5.74, 6) is 0.578. The van der Waals surface area contributed by atoms with Crippen LogP contribution in [0.5, 0.6) is 0 Å². The van der Waals surface area contributed by atoms with Crippen LogP contribution in [0.3, 0.4) is 0 Å². The Bertz CT molecular complexity index is 327. The van der Waals surface area contributed by atoms with E-state index in [2.05, 4.69) is 24.0 Å². The van der Waals surface area contributed by atoms with Crippen molar-refractivity contribution in [1.29, 1.82) is 0 Å². The van der Waals surface area contributed by atoms with Gasteiger partial charge in [0, 0.05) is 5.75 Å². The molecular weight excluding hydrogens is 212 g/mol. The molecule has 82 valence electrons. The number of aromatic nitrogens is 2. The second-order valence-electron chi connectivity index (χ2n) is 3.39. The lowest BCUT2D eigenvalue weighted by atomic mass is 10.2. The lowest BCUT2D eigenvalue weighted by molar-refractivity contribution is 0.0689. The summed E-state index contributed by atoms with van der Waals surface area (Å²) >= 11 is 1.61. The van der Waals surface area contributed by atoms with Crippen LogP contribution in [-0.4, -0.2) is 27.0 Å². The maximum atomic E-state index is 10.5. The fraction of sp³-hybridized carbons (Fsp3) is 0.500. The molecule has 0 aliphatic carbocycles. The SMILES string of the molecule is CCC(C)CSc1ccc(C(=O)O)nn1. The highest BCUT2D eigenvalue weighted by Gasteiger charge is 2.06. The fourth-order valence-electron chi connectivity index (χ4n) is 0.857. The molecule has 0 aromatic carbocycles. The van der Waals surface area contributed by atoms with Gasteiger partial charge in [-0.25, -0.2) is 4.79 Å². The number of hydrogen-bond acceptors (Lipinski definition) is 4. The van der Waals surface area contributed by atoms with Gasteiger partial charge in [0.1, 0.15) is 5.03 Å². The maximum Gasteiger partial charge on any atom is 0.356 e. The van der Waals surface area contributed by atoms with Crippen LogP contribution in [0.15, 0.2) is 17.2 Å². The van der Waals surface area contributed by atoms with Gasteiger partial charge >= 0.3 is 5.97 Å². The zero-order chi connectivity index (χ0) is 11.3. The van der Waals surface area contributed by atoms with Gasteiger partial charge in [0.2, 0.25) is 0 Å². The zero-order valence-corrected chi connectivity index (χ0v) is 9.62. The summed E-state index contributed by atoms with van der Waals surface area (Å²) in [6, 6.07) is 3.18. The molecule has 0 spiro atoms. The topological polar surface area (TPSA) is 63.1 Å². The van der Waals surface area contributed by atoms with Crippen molar-refractivity contribution >= 4 is 17.7 Å². The Morgan fingerprint density at radius 1 is 1.53 bits per heavy atom. The van der Waals surface area contributed by atoms with Gasteiger partial charge < -0.3 is 5.11 Å². The predicted molar refractivity (Wildman–Crippen MR) is 59.2 cm³/mol. The standard InChI is InChI=1S/C10H14N2O2S/c1-3-7(2)6-15-9-5-4-8(10(13)14)11-12-9/h4-5,7H,3,6H2,1-2H3,(H,13,14). The van der Waals surface area contributed by atoms with E-state index in [1.165, 1.54) is 6.07 Å². The van der Waals surface area contributed by atoms with Crippen molar-refractivity contribution in [3.05, 3.63) is 17.8 Å². The molecule has 1 heterocycles. The summed E-state index contributed by atoms with van der Waals surface area (Å²) < 4.78 is 0. The molecule has 0 aliphatic rings. The molecule has 0 amide bonds. The van der Waals surface area contributed by atoms with Crippen LogP contribution >= 0.6 is 11.8 Å². The highest BCUT2D eigenvalue weighted by Crippen LogP contribution is 2.19. The molecule has 0 bridgehead atoms. The monoisotopic (exact) mass is 226 g/mol. The van der Waals surface area contributed by atoms with Gasteiger partial charge in [-0.2, -0.15) is 0 Å². The van der Waals surface area contributed by atoms with Gasteiger partial charge in [0.15, 0.2) is 5.69 Å². The van der Waals surface area contributed by atoms with E-state index in [1.807, 2.05) is 0 Å². The van der Waals surface area contributed by atoms with E-state index >= 15 is 0 Å². The highest BCUT2D eigenvalue weighted by molar-refractivity contribution is 7.99. The molecule has 0 radical (unpaired) electrons. The molecule has 0 saturated heterocycles. The van der Waals surface area contributed by atoms with E-state index in [0.717, 1.165) is 17.2 Å². The minimum atomic E-state index is -1.04. The van der Waals surface area contributed by atoms with Crippen LogP contribution in [0.1, 0.15) is 30.8 Å². The summed E-state index contributed by atoms with van der Waals surface area (Å²) in [7, 11) is 0. The average molecular weight is 226 g/mol. The Labute approximate surface area is 93.1 Å². The molecular formula is C10H14N2O2S. The van der Waals surface area contributed by atoms with Gasteiger partial charge in [-0.3, -0.25) is 0 Å². The van der Waals surface area contributed by atoms with Crippen molar-refractivity contribution in [3.8, 4) is 0 Å². The van der Waals surface area contributed by atoms with Crippen LogP contribution in [0.4, 0.5) is 0 Å². The Hall–Kier alpha value is -1.10. The number of carbonyl (C=O) groups is 1. The molecule has 1 N–H and O–H groups in total. The molecule has 1 aromatic rings. The first-order chi connectivity index (χ1) is 7.13. The number of rotatable bonds is 5. The minimum Gasteiger partial charge on any atom is -0.476 e. The van der Waals surface area contributed by atoms with Crippen LogP contribution in [0, 0.1) is 5.92 Å². The smallest absolute Gasteiger partial charge is 0.356 e. The van der Waals surface area contributed by atoms with Gasteiger partial charge in [-0.15, -0.1) is 22.0 Å². The minimum absolute atomic E-state index is 0.0112. The largest absolute Gasteiger partial charge is 0.476 e. The summed E-state index contributed by atoms with van der Waals surface area (Å²) in [5, 5.41) is 16.9. The number of nitrogens with zero attached hydrogens (tertiary/aromatic N) is 2. The van der Waals surface area contributed by atoms with E-state index in [-0.39, 0.29) is 5.69 Å².